The predicted octanol–water partition coefficient (Wildman–Crippen LogP) is 5.41. The van der Waals surface area contributed by atoms with Crippen LogP contribution in [-0.4, -0.2) is 30.6 Å². The first-order valence-electron chi connectivity index (χ1n) is 12.1. The van der Waals surface area contributed by atoms with Crippen molar-refractivity contribution in [2.24, 2.45) is 17.3 Å². The number of anilines is 1. The first-order chi connectivity index (χ1) is 15.3. The third kappa shape index (κ3) is 3.11. The summed E-state index contributed by atoms with van der Waals surface area (Å²) >= 11 is 0. The highest BCUT2D eigenvalue weighted by molar-refractivity contribution is 5.84. The minimum atomic E-state index is -0.920. The van der Waals surface area contributed by atoms with Crippen molar-refractivity contribution in [3.05, 3.63) is 52.6 Å². The predicted molar refractivity (Wildman–Crippen MR) is 129 cm³/mol. The van der Waals surface area contributed by atoms with Crippen molar-refractivity contribution in [1.82, 2.24) is 0 Å². The van der Waals surface area contributed by atoms with Crippen LogP contribution in [0.5, 0.6) is 0 Å². The van der Waals surface area contributed by atoms with Gasteiger partial charge in [-0.3, -0.25) is 4.79 Å². The van der Waals surface area contributed by atoms with Gasteiger partial charge in [-0.15, -0.1) is 5.92 Å². The number of fused-ring (bicyclic) bond motifs is 4. The van der Waals surface area contributed by atoms with Gasteiger partial charge in [0, 0.05) is 44.0 Å². The molecule has 0 heterocycles. The lowest BCUT2D eigenvalue weighted by Crippen LogP contribution is -2.50. The smallest absolute Gasteiger partial charge is 0.137 e. The largest absolute Gasteiger partial charge is 0.378 e. The summed E-state index contributed by atoms with van der Waals surface area (Å²) in [7, 11) is 4.14. The highest BCUT2D eigenvalue weighted by Crippen LogP contribution is 2.66. The molecule has 3 heteroatoms. The van der Waals surface area contributed by atoms with Gasteiger partial charge < -0.3 is 10.0 Å². The lowest BCUT2D eigenvalue weighted by Gasteiger charge is -2.53. The van der Waals surface area contributed by atoms with Crippen molar-refractivity contribution in [1.29, 1.82) is 0 Å². The van der Waals surface area contributed by atoms with Crippen LogP contribution in [0.4, 0.5) is 5.69 Å². The Morgan fingerprint density at radius 3 is 2.59 bits per heavy atom. The summed E-state index contributed by atoms with van der Waals surface area (Å²) in [5.41, 5.74) is 5.70. The SMILES string of the molecule is CC#CC1(O)CCC2C3CC=C4CC(=O)CCC4=C3C(c3ccc(N(C)C)cc3)CC21C. The molecule has 4 aliphatic rings. The summed E-state index contributed by atoms with van der Waals surface area (Å²) in [5, 5.41) is 11.7. The molecule has 0 spiro atoms. The molecule has 4 aliphatic carbocycles. The van der Waals surface area contributed by atoms with E-state index >= 15 is 0 Å². The topological polar surface area (TPSA) is 40.5 Å². The van der Waals surface area contributed by atoms with Gasteiger partial charge in [0.05, 0.1) is 0 Å². The minimum absolute atomic E-state index is 0.231. The molecule has 0 bridgehead atoms. The van der Waals surface area contributed by atoms with Crippen LogP contribution in [0.15, 0.2) is 47.1 Å². The minimum Gasteiger partial charge on any atom is -0.378 e. The van der Waals surface area contributed by atoms with Crippen LogP contribution in [0.2, 0.25) is 0 Å². The molecule has 1 N–H and O–H groups in total. The van der Waals surface area contributed by atoms with E-state index in [1.165, 1.54) is 22.4 Å². The first-order valence-corrected chi connectivity index (χ1v) is 12.1. The van der Waals surface area contributed by atoms with Gasteiger partial charge in [-0.05, 0) is 79.7 Å². The zero-order chi connectivity index (χ0) is 22.7. The van der Waals surface area contributed by atoms with E-state index in [1.807, 2.05) is 6.92 Å². The molecule has 0 aliphatic heterocycles. The second-order valence-electron chi connectivity index (χ2n) is 10.8. The zero-order valence-electron chi connectivity index (χ0n) is 19.9. The van der Waals surface area contributed by atoms with Crippen LogP contribution >= 0.6 is 0 Å². The summed E-state index contributed by atoms with van der Waals surface area (Å²) in [6, 6.07) is 8.97. The van der Waals surface area contributed by atoms with Crippen molar-refractivity contribution >= 4 is 11.5 Å². The lowest BCUT2D eigenvalue weighted by molar-refractivity contribution is -0.118. The molecule has 3 nitrogen and oxygen atoms in total. The Morgan fingerprint density at radius 2 is 1.91 bits per heavy atom. The van der Waals surface area contributed by atoms with Crippen LogP contribution in [-0.2, 0) is 4.79 Å². The Bertz CT molecular complexity index is 1070. The van der Waals surface area contributed by atoms with E-state index in [2.05, 4.69) is 68.1 Å². The maximum Gasteiger partial charge on any atom is 0.137 e. The molecule has 1 aromatic carbocycles. The molecule has 5 rings (SSSR count). The van der Waals surface area contributed by atoms with Gasteiger partial charge in [0.25, 0.3) is 0 Å². The van der Waals surface area contributed by atoms with Gasteiger partial charge in [-0.25, -0.2) is 0 Å². The van der Waals surface area contributed by atoms with Crippen LogP contribution in [0.1, 0.15) is 70.3 Å². The average Bonchev–Trinajstić information content (AvgIpc) is 3.03. The maximum atomic E-state index is 12.2. The number of hydrogen-bond donors (Lipinski definition) is 1. The van der Waals surface area contributed by atoms with Gasteiger partial charge in [-0.1, -0.05) is 36.6 Å². The van der Waals surface area contributed by atoms with Crippen LogP contribution in [0, 0.1) is 29.1 Å². The number of carbonyl (C=O) groups is 1. The second kappa shape index (κ2) is 7.63. The van der Waals surface area contributed by atoms with E-state index in [0.29, 0.717) is 30.5 Å². The fourth-order valence-electron chi connectivity index (χ4n) is 7.32. The molecule has 168 valence electrons. The third-order valence-electron chi connectivity index (χ3n) is 9.01. The van der Waals surface area contributed by atoms with E-state index in [1.54, 1.807) is 5.57 Å². The zero-order valence-corrected chi connectivity index (χ0v) is 19.9. The summed E-state index contributed by atoms with van der Waals surface area (Å²) in [6.45, 7) is 4.14. The van der Waals surface area contributed by atoms with E-state index in [0.717, 1.165) is 32.1 Å². The normalized spacial score (nSPS) is 35.8. The first kappa shape index (κ1) is 21.5. The van der Waals surface area contributed by atoms with Gasteiger partial charge in [-0.2, -0.15) is 0 Å². The Balaban J connectivity index is 1.65. The number of Topliss-reactive ketones (excluding diaryl/α,β-unsaturated/α-hetero) is 1. The van der Waals surface area contributed by atoms with Crippen molar-refractivity contribution in [3.8, 4) is 11.8 Å². The molecule has 0 aromatic heterocycles. The quantitative estimate of drug-likeness (QED) is 0.640. The number of rotatable bonds is 2. The van der Waals surface area contributed by atoms with Gasteiger partial charge in [0.1, 0.15) is 11.4 Å². The molecule has 32 heavy (non-hydrogen) atoms. The molecule has 0 saturated heterocycles. The standard InChI is InChI=1S/C29H35NO2/c1-5-15-29(32)16-14-26-24-12-8-20-17-22(31)11-13-23(20)27(24)25(18-28(26,29)2)19-6-9-21(10-7-19)30(3)4/h6-10,24-26,32H,11-14,16-18H2,1-4H3. The number of nitrogens with zero attached hydrogens (tertiary/aromatic N) is 1. The van der Waals surface area contributed by atoms with Gasteiger partial charge >= 0.3 is 0 Å². The van der Waals surface area contributed by atoms with Crippen LogP contribution < -0.4 is 4.90 Å². The lowest BCUT2D eigenvalue weighted by atomic mass is 9.51. The molecule has 5 unspecified atom stereocenters. The highest BCUT2D eigenvalue weighted by atomic mass is 16.3. The Kier molecular flexibility index (Phi) is 5.13. The van der Waals surface area contributed by atoms with Crippen molar-refractivity contribution in [2.75, 3.05) is 19.0 Å². The molecule has 3 saturated carbocycles. The van der Waals surface area contributed by atoms with Crippen LogP contribution in [0.3, 0.4) is 0 Å². The molecule has 0 radical (unpaired) electrons. The molecule has 0 amide bonds. The van der Waals surface area contributed by atoms with E-state index in [-0.39, 0.29) is 11.3 Å². The molecule has 3 fully saturated rings. The highest BCUT2D eigenvalue weighted by Gasteiger charge is 2.62. The summed E-state index contributed by atoms with van der Waals surface area (Å²) in [6.07, 6.45) is 8.19. The monoisotopic (exact) mass is 429 g/mol. The maximum absolute atomic E-state index is 12.2. The fourth-order valence-corrected chi connectivity index (χ4v) is 7.32. The summed E-state index contributed by atoms with van der Waals surface area (Å²) < 4.78 is 0. The second-order valence-corrected chi connectivity index (χ2v) is 10.8. The van der Waals surface area contributed by atoms with E-state index < -0.39 is 5.60 Å². The van der Waals surface area contributed by atoms with Crippen molar-refractivity contribution in [3.63, 3.8) is 0 Å². The molecule has 5 atom stereocenters. The Morgan fingerprint density at radius 1 is 1.16 bits per heavy atom. The number of allylic oxidation sites excluding steroid dienone is 4. The molecular formula is C29H35NO2. The van der Waals surface area contributed by atoms with Crippen molar-refractivity contribution in [2.45, 2.75) is 70.3 Å². The fraction of sp³-hybridized carbons (Fsp3) is 0.552. The number of aliphatic hydroxyl groups is 1. The number of carbonyl (C=O) groups excluding carboxylic acids is 1. The van der Waals surface area contributed by atoms with Gasteiger partial charge in [0.15, 0.2) is 0 Å². The number of benzene rings is 1. The summed E-state index contributed by atoms with van der Waals surface area (Å²) in [4.78, 5) is 14.3. The third-order valence-corrected chi connectivity index (χ3v) is 9.01. The Hall–Kier alpha value is -2.31. The van der Waals surface area contributed by atoms with Crippen molar-refractivity contribution < 1.29 is 9.90 Å². The Labute approximate surface area is 192 Å². The van der Waals surface area contributed by atoms with Crippen LogP contribution in [0.25, 0.3) is 0 Å². The van der Waals surface area contributed by atoms with E-state index in [9.17, 15) is 9.90 Å². The molecular weight excluding hydrogens is 394 g/mol. The number of ketones is 1. The summed E-state index contributed by atoms with van der Waals surface area (Å²) in [5.74, 6) is 7.79. The molecule has 1 aromatic rings. The average molecular weight is 430 g/mol. The van der Waals surface area contributed by atoms with E-state index in [4.69, 9.17) is 0 Å². The van der Waals surface area contributed by atoms with Gasteiger partial charge in [0.2, 0.25) is 0 Å². The number of hydrogen-bond acceptors (Lipinski definition) is 3.